The quantitative estimate of drug-likeness (QED) is 0.734. The molecule has 1 rings (SSSR count). The van der Waals surface area contributed by atoms with Crippen molar-refractivity contribution in [2.75, 3.05) is 5.75 Å². The van der Waals surface area contributed by atoms with Crippen LogP contribution in [0, 0.1) is 0 Å². The maximum absolute atomic E-state index is 11.5. The van der Waals surface area contributed by atoms with E-state index in [9.17, 15) is 9.59 Å². The molecular formula is C12H21NO3S. The number of hydrogen-bond acceptors (Lipinski definition) is 3. The Kier molecular flexibility index (Phi) is 6.40. The smallest absolute Gasteiger partial charge is 0.303 e. The SMILES string of the molecule is CCSC1CCC(NC(=O)CCCC(=O)O)C1. The molecule has 1 amide bonds. The normalized spacial score (nSPS) is 23.6. The molecule has 0 aliphatic heterocycles. The summed E-state index contributed by atoms with van der Waals surface area (Å²) in [4.78, 5) is 21.8. The summed E-state index contributed by atoms with van der Waals surface area (Å²) < 4.78 is 0. The molecule has 0 spiro atoms. The third-order valence-corrected chi connectivity index (χ3v) is 4.18. The Morgan fingerprint density at radius 2 is 2.12 bits per heavy atom. The lowest BCUT2D eigenvalue weighted by molar-refractivity contribution is -0.137. The minimum atomic E-state index is -0.835. The maximum Gasteiger partial charge on any atom is 0.303 e. The van der Waals surface area contributed by atoms with Gasteiger partial charge in [-0.15, -0.1) is 0 Å². The van der Waals surface area contributed by atoms with Crippen LogP contribution in [0.2, 0.25) is 0 Å². The highest BCUT2D eigenvalue weighted by Gasteiger charge is 2.25. The van der Waals surface area contributed by atoms with Crippen molar-refractivity contribution < 1.29 is 14.7 Å². The Morgan fingerprint density at radius 1 is 1.35 bits per heavy atom. The zero-order valence-corrected chi connectivity index (χ0v) is 11.1. The molecule has 0 aromatic rings. The van der Waals surface area contributed by atoms with Gasteiger partial charge in [0.05, 0.1) is 0 Å². The van der Waals surface area contributed by atoms with Crippen molar-refractivity contribution in [3.63, 3.8) is 0 Å². The monoisotopic (exact) mass is 259 g/mol. The van der Waals surface area contributed by atoms with Gasteiger partial charge in [-0.1, -0.05) is 6.92 Å². The molecule has 17 heavy (non-hydrogen) atoms. The number of carbonyl (C=O) groups is 2. The summed E-state index contributed by atoms with van der Waals surface area (Å²) in [5, 5.41) is 12.2. The number of hydrogen-bond donors (Lipinski definition) is 2. The summed E-state index contributed by atoms with van der Waals surface area (Å²) >= 11 is 1.96. The molecule has 1 aliphatic rings. The van der Waals surface area contributed by atoms with Crippen molar-refractivity contribution in [3.8, 4) is 0 Å². The molecule has 0 bridgehead atoms. The minimum absolute atomic E-state index is 0.00148. The van der Waals surface area contributed by atoms with E-state index in [-0.39, 0.29) is 12.3 Å². The van der Waals surface area contributed by atoms with Crippen LogP contribution < -0.4 is 5.32 Å². The molecule has 2 N–H and O–H groups in total. The van der Waals surface area contributed by atoms with Crippen LogP contribution in [0.4, 0.5) is 0 Å². The lowest BCUT2D eigenvalue weighted by Gasteiger charge is -2.12. The van der Waals surface area contributed by atoms with E-state index in [4.69, 9.17) is 5.11 Å². The summed E-state index contributed by atoms with van der Waals surface area (Å²) in [6.07, 6.45) is 4.13. The molecule has 4 nitrogen and oxygen atoms in total. The number of amides is 1. The third kappa shape index (κ3) is 5.96. The predicted molar refractivity (Wildman–Crippen MR) is 69.2 cm³/mol. The first-order valence-electron chi connectivity index (χ1n) is 6.24. The van der Waals surface area contributed by atoms with Crippen molar-refractivity contribution in [2.24, 2.45) is 0 Å². The second-order valence-electron chi connectivity index (χ2n) is 4.40. The minimum Gasteiger partial charge on any atom is -0.481 e. The van der Waals surface area contributed by atoms with Gasteiger partial charge in [-0.2, -0.15) is 11.8 Å². The Morgan fingerprint density at radius 3 is 2.76 bits per heavy atom. The van der Waals surface area contributed by atoms with Crippen LogP contribution in [-0.4, -0.2) is 34.0 Å². The average molecular weight is 259 g/mol. The number of nitrogens with one attached hydrogen (secondary N) is 1. The average Bonchev–Trinajstić information content (AvgIpc) is 2.65. The predicted octanol–water partition coefficient (Wildman–Crippen LogP) is 2.03. The van der Waals surface area contributed by atoms with E-state index in [1.54, 1.807) is 0 Å². The molecule has 1 fully saturated rings. The van der Waals surface area contributed by atoms with E-state index in [1.165, 1.54) is 6.42 Å². The first-order valence-corrected chi connectivity index (χ1v) is 7.29. The highest BCUT2D eigenvalue weighted by atomic mass is 32.2. The summed E-state index contributed by atoms with van der Waals surface area (Å²) in [5.41, 5.74) is 0. The van der Waals surface area contributed by atoms with Crippen molar-refractivity contribution in [1.82, 2.24) is 5.32 Å². The molecule has 0 radical (unpaired) electrons. The van der Waals surface area contributed by atoms with Gasteiger partial charge >= 0.3 is 5.97 Å². The maximum atomic E-state index is 11.5. The van der Waals surface area contributed by atoms with Crippen LogP contribution in [0.1, 0.15) is 45.4 Å². The lowest BCUT2D eigenvalue weighted by Crippen LogP contribution is -2.32. The van der Waals surface area contributed by atoms with Crippen LogP contribution in [0.5, 0.6) is 0 Å². The van der Waals surface area contributed by atoms with Gasteiger partial charge in [0.1, 0.15) is 0 Å². The van der Waals surface area contributed by atoms with Gasteiger partial charge in [0, 0.05) is 24.1 Å². The number of carboxylic acid groups (broad SMARTS) is 1. The van der Waals surface area contributed by atoms with E-state index in [2.05, 4.69) is 12.2 Å². The van der Waals surface area contributed by atoms with Gasteiger partial charge in [0.2, 0.25) is 5.91 Å². The Hall–Kier alpha value is -0.710. The second kappa shape index (κ2) is 7.58. The first kappa shape index (κ1) is 14.4. The highest BCUT2D eigenvalue weighted by molar-refractivity contribution is 7.99. The van der Waals surface area contributed by atoms with Gasteiger partial charge in [0.15, 0.2) is 0 Å². The largest absolute Gasteiger partial charge is 0.481 e. The van der Waals surface area contributed by atoms with Crippen molar-refractivity contribution in [2.45, 2.75) is 56.7 Å². The van der Waals surface area contributed by atoms with E-state index >= 15 is 0 Å². The molecule has 2 atom stereocenters. The number of carboxylic acids is 1. The molecule has 0 heterocycles. The molecular weight excluding hydrogens is 238 g/mol. The van der Waals surface area contributed by atoms with Crippen LogP contribution in [0.25, 0.3) is 0 Å². The number of aliphatic carboxylic acids is 1. The van der Waals surface area contributed by atoms with Crippen molar-refractivity contribution in [1.29, 1.82) is 0 Å². The summed E-state index contributed by atoms with van der Waals surface area (Å²) in [6.45, 7) is 2.16. The molecule has 1 saturated carbocycles. The van der Waals surface area contributed by atoms with E-state index < -0.39 is 5.97 Å². The van der Waals surface area contributed by atoms with E-state index in [0.29, 0.717) is 24.1 Å². The van der Waals surface area contributed by atoms with Crippen LogP contribution in [0.15, 0.2) is 0 Å². The van der Waals surface area contributed by atoms with Gasteiger partial charge in [-0.25, -0.2) is 0 Å². The van der Waals surface area contributed by atoms with Crippen molar-refractivity contribution >= 4 is 23.6 Å². The number of thioether (sulfide) groups is 1. The van der Waals surface area contributed by atoms with Crippen LogP contribution >= 0.6 is 11.8 Å². The number of carbonyl (C=O) groups excluding carboxylic acids is 1. The number of rotatable bonds is 7. The molecule has 98 valence electrons. The third-order valence-electron chi connectivity index (χ3n) is 2.95. The Labute approximate surface area is 107 Å². The van der Waals surface area contributed by atoms with E-state index in [1.807, 2.05) is 11.8 Å². The topological polar surface area (TPSA) is 66.4 Å². The Bertz CT molecular complexity index is 270. The van der Waals surface area contributed by atoms with Gasteiger partial charge in [-0.3, -0.25) is 9.59 Å². The fraction of sp³-hybridized carbons (Fsp3) is 0.833. The van der Waals surface area contributed by atoms with Crippen molar-refractivity contribution in [3.05, 3.63) is 0 Å². The fourth-order valence-corrected chi connectivity index (χ4v) is 3.30. The molecule has 0 saturated heterocycles. The van der Waals surface area contributed by atoms with Gasteiger partial charge < -0.3 is 10.4 Å². The second-order valence-corrected chi connectivity index (χ2v) is 5.98. The summed E-state index contributed by atoms with van der Waals surface area (Å²) in [6, 6.07) is 0.302. The van der Waals surface area contributed by atoms with Gasteiger partial charge in [0.25, 0.3) is 0 Å². The van der Waals surface area contributed by atoms with Crippen LogP contribution in [0.3, 0.4) is 0 Å². The molecule has 0 aromatic carbocycles. The zero-order chi connectivity index (χ0) is 12.7. The zero-order valence-electron chi connectivity index (χ0n) is 10.3. The Balaban J connectivity index is 2.13. The van der Waals surface area contributed by atoms with Gasteiger partial charge in [-0.05, 0) is 31.4 Å². The molecule has 2 unspecified atom stereocenters. The standard InChI is InChI=1S/C12H21NO3S/c1-2-17-10-7-6-9(8-10)13-11(14)4-3-5-12(15)16/h9-10H,2-8H2,1H3,(H,13,14)(H,15,16). The summed E-state index contributed by atoms with van der Waals surface area (Å²) in [7, 11) is 0. The first-order chi connectivity index (χ1) is 8.11. The van der Waals surface area contributed by atoms with E-state index in [0.717, 1.165) is 18.6 Å². The molecule has 5 heteroatoms. The molecule has 0 aromatic heterocycles. The fourth-order valence-electron chi connectivity index (χ4n) is 2.16. The highest BCUT2D eigenvalue weighted by Crippen LogP contribution is 2.29. The molecule has 1 aliphatic carbocycles. The lowest BCUT2D eigenvalue weighted by atomic mass is 10.2. The summed E-state index contributed by atoms with van der Waals surface area (Å²) in [5.74, 6) is 0.292. The van der Waals surface area contributed by atoms with Crippen LogP contribution in [-0.2, 0) is 9.59 Å².